The van der Waals surface area contributed by atoms with Crippen LogP contribution in [-0.2, 0) is 16.0 Å². The molecule has 0 bridgehead atoms. The van der Waals surface area contributed by atoms with Gasteiger partial charge < -0.3 is 20.0 Å². The van der Waals surface area contributed by atoms with Gasteiger partial charge in [0.25, 0.3) is 0 Å². The van der Waals surface area contributed by atoms with Gasteiger partial charge in [0, 0.05) is 38.8 Å². The van der Waals surface area contributed by atoms with E-state index in [9.17, 15) is 9.59 Å². The highest BCUT2D eigenvalue weighted by molar-refractivity contribution is 8.02. The molecule has 6 unspecified atom stereocenters. The standard InChI is InChI=1S/C27H48N2OS.C19H28N2O.C3H8/c1-10-21(4)26(28(8)11-2)27(30)29-19-13-16-25(29)23(6)15-12-14-20(3)17-18-22(5)24(7)31-9;1-7-15(4)16(5)20-18(19(22)21(6)14(2)3)13-17-11-9-8-10-12-17;1-3-2/h11,20-22,25-26H,2,6-7,10,12-19H2,1,3-5,8-9H3;7-12,14,18,20H,5,13H2,1-4,6H3;3H2,1-2H3. The molecule has 7 heteroatoms. The summed E-state index contributed by atoms with van der Waals surface area (Å²) < 4.78 is 0. The largest absolute Gasteiger partial charge is 0.374 e. The van der Waals surface area contributed by atoms with E-state index in [-0.39, 0.29) is 36.0 Å². The predicted octanol–water partition coefficient (Wildman–Crippen LogP) is 12.1. The first-order valence-corrected chi connectivity index (χ1v) is 22.6. The molecule has 2 rings (SSSR count). The summed E-state index contributed by atoms with van der Waals surface area (Å²) in [6.07, 6.45) is 16.8. The van der Waals surface area contributed by atoms with Crippen LogP contribution in [0.2, 0.25) is 0 Å². The van der Waals surface area contributed by atoms with Gasteiger partial charge in [0.2, 0.25) is 11.8 Å². The number of hydrogen-bond acceptors (Lipinski definition) is 5. The number of allylic oxidation sites excluding steroid dienone is 3. The summed E-state index contributed by atoms with van der Waals surface area (Å²) in [5, 5.41) is 3.30. The Morgan fingerprint density at radius 1 is 1.00 bits per heavy atom. The van der Waals surface area contributed by atoms with Crippen LogP contribution in [0.5, 0.6) is 0 Å². The fraction of sp³-hybridized carbons (Fsp3) is 0.633. The number of hydrogen-bond donors (Lipinski definition) is 1. The molecule has 1 aromatic carbocycles. The van der Waals surface area contributed by atoms with Gasteiger partial charge in [-0.1, -0.05) is 136 Å². The minimum Gasteiger partial charge on any atom is -0.374 e. The van der Waals surface area contributed by atoms with Crippen LogP contribution in [0.4, 0.5) is 0 Å². The van der Waals surface area contributed by atoms with E-state index < -0.39 is 0 Å². The molecule has 0 saturated carbocycles. The van der Waals surface area contributed by atoms with E-state index in [1.807, 2.05) is 83.1 Å². The lowest BCUT2D eigenvalue weighted by molar-refractivity contribution is -0.137. The number of carbonyl (C=O) groups is 2. The molecule has 0 spiro atoms. The van der Waals surface area contributed by atoms with Gasteiger partial charge in [0.05, 0.1) is 6.04 Å². The van der Waals surface area contributed by atoms with Crippen LogP contribution in [0, 0.1) is 17.8 Å². The van der Waals surface area contributed by atoms with Crippen molar-refractivity contribution in [2.45, 2.75) is 158 Å². The molecule has 318 valence electrons. The lowest BCUT2D eigenvalue weighted by Crippen LogP contribution is -2.50. The predicted molar refractivity (Wildman–Crippen MR) is 249 cm³/mol. The number of amides is 2. The summed E-state index contributed by atoms with van der Waals surface area (Å²) in [6.45, 7) is 38.6. The second kappa shape index (κ2) is 29.1. The topological polar surface area (TPSA) is 55.9 Å². The van der Waals surface area contributed by atoms with E-state index in [4.69, 9.17) is 0 Å². The number of nitrogens with zero attached hydrogens (tertiary/aromatic N) is 3. The summed E-state index contributed by atoms with van der Waals surface area (Å²) in [5.41, 5.74) is 4.23. The van der Waals surface area contributed by atoms with Gasteiger partial charge in [-0.25, -0.2) is 0 Å². The van der Waals surface area contributed by atoms with Crippen molar-refractivity contribution in [2.24, 2.45) is 17.8 Å². The Bertz CT molecular complexity index is 1350. The van der Waals surface area contributed by atoms with Gasteiger partial charge in [-0.3, -0.25) is 9.59 Å². The summed E-state index contributed by atoms with van der Waals surface area (Å²) in [6, 6.07) is 10.00. The minimum atomic E-state index is -0.308. The Kier molecular flexibility index (Phi) is 27.4. The Labute approximate surface area is 350 Å². The first kappa shape index (κ1) is 52.8. The minimum absolute atomic E-state index is 0.0870. The van der Waals surface area contributed by atoms with Gasteiger partial charge in [-0.05, 0) is 106 Å². The first-order valence-electron chi connectivity index (χ1n) is 21.4. The van der Waals surface area contributed by atoms with E-state index >= 15 is 0 Å². The van der Waals surface area contributed by atoms with Crippen molar-refractivity contribution in [1.82, 2.24) is 20.0 Å². The van der Waals surface area contributed by atoms with Crippen molar-refractivity contribution in [3.63, 3.8) is 0 Å². The number of thioether (sulfide) groups is 1. The van der Waals surface area contributed by atoms with Crippen LogP contribution in [0.3, 0.4) is 0 Å². The summed E-state index contributed by atoms with van der Waals surface area (Å²) in [4.78, 5) is 33.4. The number of carbonyl (C=O) groups excluding carboxylic acids is 2. The van der Waals surface area contributed by atoms with Crippen molar-refractivity contribution in [2.75, 3.05) is 26.9 Å². The normalized spacial score (nSPS) is 16.5. The molecule has 1 aliphatic rings. The zero-order valence-electron chi connectivity index (χ0n) is 38.3. The molecule has 0 aliphatic carbocycles. The quantitative estimate of drug-likeness (QED) is 0.0936. The second-order valence-corrected chi connectivity index (χ2v) is 17.2. The van der Waals surface area contributed by atoms with Crippen LogP contribution in [-0.4, -0.2) is 77.6 Å². The molecule has 6 atom stereocenters. The molecule has 2 amide bonds. The van der Waals surface area contributed by atoms with Crippen molar-refractivity contribution < 1.29 is 9.59 Å². The lowest BCUT2D eigenvalue weighted by Gasteiger charge is -2.36. The van der Waals surface area contributed by atoms with Crippen LogP contribution >= 0.6 is 11.8 Å². The average Bonchev–Trinajstić information content (AvgIpc) is 3.69. The highest BCUT2D eigenvalue weighted by atomic mass is 32.2. The molecule has 1 aliphatic heterocycles. The maximum Gasteiger partial charge on any atom is 0.246 e. The Morgan fingerprint density at radius 3 is 2.12 bits per heavy atom. The van der Waals surface area contributed by atoms with Gasteiger partial charge in [-0.15, -0.1) is 11.8 Å². The highest BCUT2D eigenvalue weighted by Gasteiger charge is 2.37. The summed E-state index contributed by atoms with van der Waals surface area (Å²) in [5.74, 6) is 1.95. The first-order chi connectivity index (χ1) is 26.4. The van der Waals surface area contributed by atoms with Gasteiger partial charge >= 0.3 is 0 Å². The average molecular weight is 793 g/mol. The number of rotatable bonds is 22. The van der Waals surface area contributed by atoms with Crippen molar-refractivity contribution in [1.29, 1.82) is 0 Å². The summed E-state index contributed by atoms with van der Waals surface area (Å²) >= 11 is 1.78. The van der Waals surface area contributed by atoms with Crippen LogP contribution in [0.25, 0.3) is 0 Å². The molecule has 0 aromatic heterocycles. The number of likely N-dealkylation sites (tertiary alicyclic amines) is 1. The van der Waals surface area contributed by atoms with E-state index in [1.165, 1.54) is 36.2 Å². The Hall–Kier alpha value is -3.19. The summed E-state index contributed by atoms with van der Waals surface area (Å²) in [7, 11) is 3.82. The lowest BCUT2D eigenvalue weighted by atomic mass is 9.91. The van der Waals surface area contributed by atoms with Gasteiger partial charge in [-0.2, -0.15) is 0 Å². The second-order valence-electron chi connectivity index (χ2n) is 16.3. The smallest absolute Gasteiger partial charge is 0.246 e. The third-order valence-corrected chi connectivity index (χ3v) is 12.2. The zero-order valence-corrected chi connectivity index (χ0v) is 39.1. The van der Waals surface area contributed by atoms with E-state index in [2.05, 4.69) is 84.3 Å². The van der Waals surface area contributed by atoms with Crippen molar-refractivity contribution >= 4 is 23.6 Å². The molecule has 1 saturated heterocycles. The fourth-order valence-electron chi connectivity index (χ4n) is 6.71. The maximum absolute atomic E-state index is 13.5. The van der Waals surface area contributed by atoms with E-state index in [0.29, 0.717) is 18.3 Å². The zero-order chi connectivity index (χ0) is 43.0. The molecule has 1 heterocycles. The SMILES string of the molecule is C=C(NC(Cc1ccccc1)C(=O)N(C)C(C)C)C(C)=CC.C=CN(C)C(C(=O)N1CCCC1C(=C)CCCC(C)CCC(C)C(=C)SC)C(C)CC.CCC. The molecular formula is C49H84N4O2S. The Balaban J connectivity index is 0.00000106. The van der Waals surface area contributed by atoms with Crippen LogP contribution in [0.15, 0.2) is 90.7 Å². The number of likely N-dealkylation sites (N-methyl/N-ethyl adjacent to an activating group) is 2. The van der Waals surface area contributed by atoms with Gasteiger partial charge in [0.1, 0.15) is 12.1 Å². The fourth-order valence-corrected chi connectivity index (χ4v) is 7.23. The molecule has 0 radical (unpaired) electrons. The maximum atomic E-state index is 13.5. The van der Waals surface area contributed by atoms with Gasteiger partial charge in [0.15, 0.2) is 0 Å². The third kappa shape index (κ3) is 18.8. The monoisotopic (exact) mass is 793 g/mol. The van der Waals surface area contributed by atoms with Crippen molar-refractivity contribution in [3.8, 4) is 0 Å². The molecule has 1 N–H and O–H groups in total. The van der Waals surface area contributed by atoms with Crippen LogP contribution < -0.4 is 5.32 Å². The van der Waals surface area contributed by atoms with E-state index in [0.717, 1.165) is 61.4 Å². The molecule has 6 nitrogen and oxygen atoms in total. The molecule has 1 fully saturated rings. The van der Waals surface area contributed by atoms with E-state index in [1.54, 1.807) is 22.9 Å². The number of nitrogens with one attached hydrogen (secondary N) is 1. The number of benzene rings is 1. The van der Waals surface area contributed by atoms with Crippen LogP contribution in [0.1, 0.15) is 133 Å². The molecular weight excluding hydrogens is 709 g/mol. The molecule has 56 heavy (non-hydrogen) atoms. The van der Waals surface area contributed by atoms with Crippen molar-refractivity contribution in [3.05, 3.63) is 96.2 Å². The highest BCUT2D eigenvalue weighted by Crippen LogP contribution is 2.31. The third-order valence-electron chi connectivity index (χ3n) is 11.2. The molecule has 1 aromatic rings. The Morgan fingerprint density at radius 2 is 1.61 bits per heavy atom.